The zero-order valence-electron chi connectivity index (χ0n) is 11.4. The molecular weight excluding hydrogens is 258 g/mol. The maximum absolute atomic E-state index is 10.7. The van der Waals surface area contributed by atoms with Crippen LogP contribution in [0.25, 0.3) is 0 Å². The summed E-state index contributed by atoms with van der Waals surface area (Å²) >= 11 is 0. The lowest BCUT2D eigenvalue weighted by atomic mass is 10.2. The number of rotatable bonds is 4. The van der Waals surface area contributed by atoms with E-state index in [9.17, 15) is 4.79 Å². The van der Waals surface area contributed by atoms with Crippen LogP contribution in [0.2, 0.25) is 0 Å². The molecule has 2 heterocycles. The van der Waals surface area contributed by atoms with Crippen molar-refractivity contribution in [1.82, 2.24) is 9.88 Å². The van der Waals surface area contributed by atoms with Gasteiger partial charge in [0.05, 0.1) is 12.3 Å². The molecule has 1 aliphatic rings. The van der Waals surface area contributed by atoms with Crippen LogP contribution in [0.4, 0.5) is 11.5 Å². The number of anilines is 2. The van der Waals surface area contributed by atoms with E-state index in [0.717, 1.165) is 6.41 Å². The quantitative estimate of drug-likeness (QED) is 0.789. The van der Waals surface area contributed by atoms with E-state index in [4.69, 9.17) is 15.7 Å². The van der Waals surface area contributed by atoms with Crippen LogP contribution in [0.1, 0.15) is 12.5 Å². The van der Waals surface area contributed by atoms with Gasteiger partial charge in [0.25, 0.3) is 0 Å². The van der Waals surface area contributed by atoms with Crippen LogP contribution in [0.15, 0.2) is 6.07 Å². The third-order valence-electron chi connectivity index (χ3n) is 3.18. The number of hydrogen-bond donors (Lipinski definition) is 1. The van der Waals surface area contributed by atoms with Crippen molar-refractivity contribution in [2.24, 2.45) is 0 Å². The largest absolute Gasteiger partial charge is 0.477 e. The Hall–Kier alpha value is -2.49. The molecule has 7 heteroatoms. The Morgan fingerprint density at radius 3 is 2.75 bits per heavy atom. The second-order valence-corrected chi connectivity index (χ2v) is 4.42. The summed E-state index contributed by atoms with van der Waals surface area (Å²) in [6.45, 7) is 4.91. The summed E-state index contributed by atoms with van der Waals surface area (Å²) in [6, 6.07) is 3.69. The lowest BCUT2D eigenvalue weighted by Crippen LogP contribution is -2.46. The van der Waals surface area contributed by atoms with Crippen molar-refractivity contribution in [3.63, 3.8) is 0 Å². The van der Waals surface area contributed by atoms with Gasteiger partial charge in [0.15, 0.2) is 0 Å². The lowest BCUT2D eigenvalue weighted by molar-refractivity contribution is -0.118. The number of pyridine rings is 1. The van der Waals surface area contributed by atoms with Gasteiger partial charge >= 0.3 is 0 Å². The van der Waals surface area contributed by atoms with E-state index in [2.05, 4.69) is 4.98 Å². The van der Waals surface area contributed by atoms with Gasteiger partial charge in [-0.2, -0.15) is 10.2 Å². The van der Waals surface area contributed by atoms with Gasteiger partial charge in [0.1, 0.15) is 17.5 Å². The van der Waals surface area contributed by atoms with Crippen LogP contribution in [0, 0.1) is 11.3 Å². The van der Waals surface area contributed by atoms with Gasteiger partial charge in [-0.15, -0.1) is 0 Å². The van der Waals surface area contributed by atoms with Gasteiger partial charge in [-0.05, 0) is 6.92 Å². The molecule has 0 aromatic carbocycles. The minimum Gasteiger partial charge on any atom is -0.477 e. The molecule has 0 unspecified atom stereocenters. The third kappa shape index (κ3) is 2.74. The van der Waals surface area contributed by atoms with Crippen molar-refractivity contribution in [1.29, 1.82) is 5.26 Å². The van der Waals surface area contributed by atoms with Crippen LogP contribution >= 0.6 is 0 Å². The minimum absolute atomic E-state index is 0.266. The Labute approximate surface area is 117 Å². The fourth-order valence-electron chi connectivity index (χ4n) is 2.10. The highest BCUT2D eigenvalue weighted by molar-refractivity contribution is 5.65. The summed E-state index contributed by atoms with van der Waals surface area (Å²) in [5.74, 6) is 0.943. The average molecular weight is 275 g/mol. The molecule has 0 spiro atoms. The van der Waals surface area contributed by atoms with E-state index in [0.29, 0.717) is 44.3 Å². The van der Waals surface area contributed by atoms with Crippen molar-refractivity contribution in [3.8, 4) is 11.9 Å². The molecule has 1 amide bonds. The van der Waals surface area contributed by atoms with Crippen LogP contribution in [-0.4, -0.2) is 49.1 Å². The molecule has 106 valence electrons. The molecule has 1 fully saturated rings. The minimum atomic E-state index is 0.266. The number of piperazine rings is 1. The number of hydrogen-bond acceptors (Lipinski definition) is 6. The SMILES string of the molecule is CCOc1nc(N2CCN(C=O)CC2)cc(N)c1C#N. The lowest BCUT2D eigenvalue weighted by Gasteiger charge is -2.33. The van der Waals surface area contributed by atoms with E-state index in [1.165, 1.54) is 0 Å². The number of nitrogens with zero attached hydrogens (tertiary/aromatic N) is 4. The smallest absolute Gasteiger partial charge is 0.235 e. The van der Waals surface area contributed by atoms with Crippen molar-refractivity contribution >= 4 is 17.9 Å². The molecule has 1 saturated heterocycles. The fraction of sp³-hybridized carbons (Fsp3) is 0.462. The molecule has 0 radical (unpaired) electrons. The first kappa shape index (κ1) is 13.9. The molecule has 0 saturated carbocycles. The van der Waals surface area contributed by atoms with E-state index < -0.39 is 0 Å². The van der Waals surface area contributed by atoms with Gasteiger partial charge in [0, 0.05) is 32.2 Å². The Balaban J connectivity index is 2.25. The van der Waals surface area contributed by atoms with Crippen molar-refractivity contribution in [2.45, 2.75) is 6.92 Å². The van der Waals surface area contributed by atoms with Crippen LogP contribution < -0.4 is 15.4 Å². The van der Waals surface area contributed by atoms with Gasteiger partial charge in [0.2, 0.25) is 12.3 Å². The van der Waals surface area contributed by atoms with Gasteiger partial charge in [-0.25, -0.2) is 0 Å². The van der Waals surface area contributed by atoms with Crippen LogP contribution in [0.3, 0.4) is 0 Å². The molecule has 0 aliphatic carbocycles. The van der Waals surface area contributed by atoms with Gasteiger partial charge < -0.3 is 20.3 Å². The molecule has 20 heavy (non-hydrogen) atoms. The highest BCUT2D eigenvalue weighted by Crippen LogP contribution is 2.27. The summed E-state index contributed by atoms with van der Waals surface area (Å²) in [5, 5.41) is 9.08. The predicted octanol–water partition coefficient (Wildman–Crippen LogP) is 0.213. The summed E-state index contributed by atoms with van der Waals surface area (Å²) in [5.41, 5.74) is 6.51. The van der Waals surface area contributed by atoms with E-state index in [1.54, 1.807) is 11.0 Å². The molecule has 1 aromatic rings. The first-order valence-electron chi connectivity index (χ1n) is 6.47. The third-order valence-corrected chi connectivity index (χ3v) is 3.18. The Morgan fingerprint density at radius 2 is 2.20 bits per heavy atom. The highest BCUT2D eigenvalue weighted by atomic mass is 16.5. The normalized spacial score (nSPS) is 14.8. The molecule has 2 rings (SSSR count). The molecule has 0 bridgehead atoms. The first-order valence-corrected chi connectivity index (χ1v) is 6.47. The van der Waals surface area contributed by atoms with Crippen LogP contribution in [-0.2, 0) is 4.79 Å². The molecule has 7 nitrogen and oxygen atoms in total. The second kappa shape index (κ2) is 6.10. The monoisotopic (exact) mass is 275 g/mol. The van der Waals surface area contributed by atoms with Crippen molar-refractivity contribution < 1.29 is 9.53 Å². The molecule has 1 aliphatic heterocycles. The molecule has 0 atom stereocenters. The number of nitrogen functional groups attached to an aromatic ring is 1. The number of nitriles is 1. The number of nitrogens with two attached hydrogens (primary N) is 1. The zero-order chi connectivity index (χ0) is 14.5. The summed E-state index contributed by atoms with van der Waals surface area (Å²) < 4.78 is 5.38. The first-order chi connectivity index (χ1) is 9.69. The fourth-order valence-corrected chi connectivity index (χ4v) is 2.10. The molecular formula is C13H17N5O2. The maximum atomic E-state index is 10.7. The van der Waals surface area contributed by atoms with Gasteiger partial charge in [-0.3, -0.25) is 4.79 Å². The number of carbonyl (C=O) groups is 1. The van der Waals surface area contributed by atoms with Gasteiger partial charge in [-0.1, -0.05) is 0 Å². The number of carbonyl (C=O) groups excluding carboxylic acids is 1. The summed E-state index contributed by atoms with van der Waals surface area (Å²) in [4.78, 5) is 18.8. The van der Waals surface area contributed by atoms with E-state index >= 15 is 0 Å². The standard InChI is InChI=1S/C13H17N5O2/c1-2-20-13-10(8-14)11(15)7-12(16-13)18-5-3-17(9-19)4-6-18/h7,9H,2-6H2,1H3,(H2,15,16). The topological polar surface area (TPSA) is 95.5 Å². The van der Waals surface area contributed by atoms with E-state index in [1.807, 2.05) is 17.9 Å². The highest BCUT2D eigenvalue weighted by Gasteiger charge is 2.20. The number of aromatic nitrogens is 1. The van der Waals surface area contributed by atoms with Crippen molar-refractivity contribution in [2.75, 3.05) is 43.4 Å². The molecule has 2 N–H and O–H groups in total. The van der Waals surface area contributed by atoms with E-state index in [-0.39, 0.29) is 11.4 Å². The van der Waals surface area contributed by atoms with Crippen molar-refractivity contribution in [3.05, 3.63) is 11.6 Å². The second-order valence-electron chi connectivity index (χ2n) is 4.42. The summed E-state index contributed by atoms with van der Waals surface area (Å²) in [6.07, 6.45) is 0.851. The Bertz CT molecular complexity index is 532. The maximum Gasteiger partial charge on any atom is 0.235 e. The van der Waals surface area contributed by atoms with Crippen LogP contribution in [0.5, 0.6) is 5.88 Å². The number of ether oxygens (including phenoxy) is 1. The number of amides is 1. The predicted molar refractivity (Wildman–Crippen MR) is 74.4 cm³/mol. The molecule has 1 aromatic heterocycles. The Kier molecular flexibility index (Phi) is 4.25. The average Bonchev–Trinajstić information content (AvgIpc) is 2.47. The Morgan fingerprint density at radius 1 is 1.50 bits per heavy atom. The zero-order valence-corrected chi connectivity index (χ0v) is 11.4. The summed E-state index contributed by atoms with van der Waals surface area (Å²) in [7, 11) is 0.